The molecule has 0 saturated carbocycles. The van der Waals surface area contributed by atoms with Crippen LogP contribution in [0.2, 0.25) is 0 Å². The normalized spacial score (nSPS) is 12.7. The number of imidazole rings is 1. The molecule has 1 unspecified atom stereocenters. The summed E-state index contributed by atoms with van der Waals surface area (Å²) in [7, 11) is 4.20. The molecular formula is C18H21N3O. The van der Waals surface area contributed by atoms with Crippen molar-refractivity contribution in [3.05, 3.63) is 66.7 Å². The molecule has 1 aromatic carbocycles. The molecule has 4 nitrogen and oxygen atoms in total. The van der Waals surface area contributed by atoms with Gasteiger partial charge in [-0.2, -0.15) is 0 Å². The van der Waals surface area contributed by atoms with E-state index in [0.717, 1.165) is 24.6 Å². The van der Waals surface area contributed by atoms with Gasteiger partial charge in [-0.25, -0.2) is 4.98 Å². The summed E-state index contributed by atoms with van der Waals surface area (Å²) in [5.41, 5.74) is 1.29. The monoisotopic (exact) mass is 295 g/mol. The number of rotatable bonds is 6. The zero-order valence-electron chi connectivity index (χ0n) is 13.0. The van der Waals surface area contributed by atoms with Crippen LogP contribution in [0.1, 0.15) is 18.0 Å². The van der Waals surface area contributed by atoms with Gasteiger partial charge in [-0.05, 0) is 44.8 Å². The van der Waals surface area contributed by atoms with Gasteiger partial charge in [-0.15, -0.1) is 0 Å². The maximum atomic E-state index is 5.54. The Morgan fingerprint density at radius 1 is 1.14 bits per heavy atom. The SMILES string of the molecule is CN(C)CCC(c1ccccc1)n1ccnc1-c1ccco1. The lowest BCUT2D eigenvalue weighted by Gasteiger charge is -2.22. The van der Waals surface area contributed by atoms with E-state index in [2.05, 4.69) is 52.8 Å². The number of nitrogens with zero attached hydrogens (tertiary/aromatic N) is 3. The summed E-state index contributed by atoms with van der Waals surface area (Å²) in [6.07, 6.45) is 6.57. The van der Waals surface area contributed by atoms with E-state index >= 15 is 0 Å². The quantitative estimate of drug-likeness (QED) is 0.695. The second-order valence-corrected chi connectivity index (χ2v) is 5.65. The maximum Gasteiger partial charge on any atom is 0.176 e. The van der Waals surface area contributed by atoms with Gasteiger partial charge in [-0.3, -0.25) is 0 Å². The van der Waals surface area contributed by atoms with Crippen molar-refractivity contribution in [1.29, 1.82) is 0 Å². The maximum absolute atomic E-state index is 5.54. The minimum atomic E-state index is 0.242. The first-order valence-electron chi connectivity index (χ1n) is 7.52. The van der Waals surface area contributed by atoms with Crippen LogP contribution in [0.15, 0.2) is 65.5 Å². The number of benzene rings is 1. The molecule has 0 saturated heterocycles. The molecule has 0 aliphatic rings. The third-order valence-electron chi connectivity index (χ3n) is 3.78. The van der Waals surface area contributed by atoms with Crippen LogP contribution in [0, 0.1) is 0 Å². The Balaban J connectivity index is 1.98. The largest absolute Gasteiger partial charge is 0.461 e. The standard InChI is InChI=1S/C18H21N3O/c1-20(2)12-10-16(15-7-4-3-5-8-15)21-13-11-19-18(21)17-9-6-14-22-17/h3-9,11,13-14,16H,10,12H2,1-2H3. The van der Waals surface area contributed by atoms with Crippen LogP contribution in [-0.4, -0.2) is 35.1 Å². The Morgan fingerprint density at radius 2 is 1.95 bits per heavy atom. The van der Waals surface area contributed by atoms with E-state index in [1.165, 1.54) is 5.56 Å². The zero-order valence-corrected chi connectivity index (χ0v) is 13.0. The average molecular weight is 295 g/mol. The molecular weight excluding hydrogens is 274 g/mol. The highest BCUT2D eigenvalue weighted by Crippen LogP contribution is 2.28. The lowest BCUT2D eigenvalue weighted by atomic mass is 10.0. The highest BCUT2D eigenvalue weighted by Gasteiger charge is 2.19. The fourth-order valence-corrected chi connectivity index (χ4v) is 2.68. The Bertz CT molecular complexity index is 686. The molecule has 0 fully saturated rings. The van der Waals surface area contributed by atoms with Crippen molar-refractivity contribution in [1.82, 2.24) is 14.5 Å². The number of aromatic nitrogens is 2. The van der Waals surface area contributed by atoms with Crippen molar-refractivity contribution in [2.24, 2.45) is 0 Å². The molecule has 3 aromatic rings. The van der Waals surface area contributed by atoms with Gasteiger partial charge in [0, 0.05) is 12.4 Å². The Labute approximate surface area is 131 Å². The minimum absolute atomic E-state index is 0.242. The fourth-order valence-electron chi connectivity index (χ4n) is 2.68. The summed E-state index contributed by atoms with van der Waals surface area (Å²) in [6.45, 7) is 1.01. The van der Waals surface area contributed by atoms with Gasteiger partial charge in [0.15, 0.2) is 11.6 Å². The van der Waals surface area contributed by atoms with Gasteiger partial charge in [-0.1, -0.05) is 30.3 Å². The van der Waals surface area contributed by atoms with Gasteiger partial charge in [0.05, 0.1) is 12.3 Å². The number of furan rings is 1. The summed E-state index contributed by atoms with van der Waals surface area (Å²) < 4.78 is 7.74. The first kappa shape index (κ1) is 14.6. The molecule has 114 valence electrons. The summed E-state index contributed by atoms with van der Waals surface area (Å²) in [5, 5.41) is 0. The predicted molar refractivity (Wildman–Crippen MR) is 87.7 cm³/mol. The highest BCUT2D eigenvalue weighted by atomic mass is 16.3. The molecule has 2 aromatic heterocycles. The lowest BCUT2D eigenvalue weighted by Crippen LogP contribution is -2.20. The van der Waals surface area contributed by atoms with E-state index in [-0.39, 0.29) is 6.04 Å². The second-order valence-electron chi connectivity index (χ2n) is 5.65. The summed E-state index contributed by atoms with van der Waals surface area (Å²) in [4.78, 5) is 6.70. The van der Waals surface area contributed by atoms with E-state index in [1.54, 1.807) is 6.26 Å². The van der Waals surface area contributed by atoms with Crippen LogP contribution >= 0.6 is 0 Å². The van der Waals surface area contributed by atoms with E-state index < -0.39 is 0 Å². The molecule has 0 N–H and O–H groups in total. The third-order valence-corrected chi connectivity index (χ3v) is 3.78. The van der Waals surface area contributed by atoms with Crippen LogP contribution in [0.4, 0.5) is 0 Å². The Hall–Kier alpha value is -2.33. The molecule has 22 heavy (non-hydrogen) atoms. The van der Waals surface area contributed by atoms with Gasteiger partial charge < -0.3 is 13.9 Å². The molecule has 1 atom stereocenters. The number of hydrogen-bond acceptors (Lipinski definition) is 3. The predicted octanol–water partition coefficient (Wildman–Crippen LogP) is 3.68. The van der Waals surface area contributed by atoms with Gasteiger partial charge in [0.2, 0.25) is 0 Å². The van der Waals surface area contributed by atoms with Crippen LogP contribution in [-0.2, 0) is 0 Å². The van der Waals surface area contributed by atoms with Crippen molar-refractivity contribution in [3.8, 4) is 11.6 Å². The first-order valence-corrected chi connectivity index (χ1v) is 7.52. The first-order chi connectivity index (χ1) is 10.8. The van der Waals surface area contributed by atoms with Crippen LogP contribution < -0.4 is 0 Å². The molecule has 0 spiro atoms. The Kier molecular flexibility index (Phi) is 4.39. The molecule has 0 aliphatic heterocycles. The smallest absolute Gasteiger partial charge is 0.176 e. The molecule has 0 bridgehead atoms. The van der Waals surface area contributed by atoms with Gasteiger partial charge in [0.25, 0.3) is 0 Å². The van der Waals surface area contributed by atoms with E-state index in [1.807, 2.05) is 30.6 Å². The fraction of sp³-hybridized carbons (Fsp3) is 0.278. The molecule has 4 heteroatoms. The summed E-state index contributed by atoms with van der Waals surface area (Å²) >= 11 is 0. The van der Waals surface area contributed by atoms with Crippen molar-refractivity contribution >= 4 is 0 Å². The average Bonchev–Trinajstić information content (AvgIpc) is 3.19. The lowest BCUT2D eigenvalue weighted by molar-refractivity contribution is 0.367. The van der Waals surface area contributed by atoms with Crippen molar-refractivity contribution in [2.45, 2.75) is 12.5 Å². The Morgan fingerprint density at radius 3 is 2.64 bits per heavy atom. The van der Waals surface area contributed by atoms with Crippen molar-refractivity contribution in [3.63, 3.8) is 0 Å². The van der Waals surface area contributed by atoms with Crippen molar-refractivity contribution in [2.75, 3.05) is 20.6 Å². The third kappa shape index (κ3) is 3.12. The van der Waals surface area contributed by atoms with E-state index in [9.17, 15) is 0 Å². The van der Waals surface area contributed by atoms with Crippen molar-refractivity contribution < 1.29 is 4.42 Å². The van der Waals surface area contributed by atoms with Crippen LogP contribution in [0.3, 0.4) is 0 Å². The molecule has 0 amide bonds. The molecule has 0 radical (unpaired) electrons. The molecule has 0 aliphatic carbocycles. The molecule has 3 rings (SSSR count). The minimum Gasteiger partial charge on any atom is -0.461 e. The second kappa shape index (κ2) is 6.62. The molecule has 2 heterocycles. The topological polar surface area (TPSA) is 34.2 Å². The van der Waals surface area contributed by atoms with E-state index in [0.29, 0.717) is 0 Å². The zero-order chi connectivity index (χ0) is 15.4. The highest BCUT2D eigenvalue weighted by molar-refractivity contribution is 5.47. The summed E-state index contributed by atoms with van der Waals surface area (Å²) in [5.74, 6) is 1.67. The van der Waals surface area contributed by atoms with Gasteiger partial charge in [0.1, 0.15) is 0 Å². The summed E-state index contributed by atoms with van der Waals surface area (Å²) in [6, 6.07) is 14.7. The van der Waals surface area contributed by atoms with Gasteiger partial charge >= 0.3 is 0 Å². The number of hydrogen-bond donors (Lipinski definition) is 0. The van der Waals surface area contributed by atoms with Crippen LogP contribution in [0.5, 0.6) is 0 Å². The van der Waals surface area contributed by atoms with Crippen LogP contribution in [0.25, 0.3) is 11.6 Å². The van der Waals surface area contributed by atoms with E-state index in [4.69, 9.17) is 4.42 Å².